The molecule has 3 aromatic heterocycles. The van der Waals surface area contributed by atoms with E-state index in [1.807, 2.05) is 0 Å². The molecular weight excluding hydrogens is 500 g/mol. The van der Waals surface area contributed by atoms with Crippen molar-refractivity contribution in [1.82, 2.24) is 24.1 Å². The Morgan fingerprint density at radius 3 is 2.49 bits per heavy atom. The average Bonchev–Trinajstić information content (AvgIpc) is 3.58. The number of anilines is 1. The van der Waals surface area contributed by atoms with Gasteiger partial charge in [0.15, 0.2) is 5.76 Å². The number of hydrogen-bond donors (Lipinski definition) is 2. The van der Waals surface area contributed by atoms with E-state index in [0.29, 0.717) is 35.9 Å². The summed E-state index contributed by atoms with van der Waals surface area (Å²) in [5, 5.41) is 7.22. The lowest BCUT2D eigenvalue weighted by molar-refractivity contribution is 0.0730. The first kappa shape index (κ1) is 24.6. The Bertz CT molecular complexity index is 1600. The zero-order valence-corrected chi connectivity index (χ0v) is 20.9. The van der Waals surface area contributed by atoms with Gasteiger partial charge in [-0.15, -0.1) is 0 Å². The van der Waals surface area contributed by atoms with Crippen LogP contribution < -0.4 is 10.9 Å². The molecule has 0 unspecified atom stereocenters. The quantitative estimate of drug-likeness (QED) is 0.389. The zero-order valence-electron chi connectivity index (χ0n) is 20.1. The number of carbonyl (C=O) groups is 1. The number of rotatable bonds is 6. The molecule has 1 saturated heterocycles. The summed E-state index contributed by atoms with van der Waals surface area (Å²) < 4.78 is 39.1. The van der Waals surface area contributed by atoms with Gasteiger partial charge in [-0.2, -0.15) is 14.1 Å². The molecule has 4 aromatic rings. The monoisotopic (exact) mass is 524 g/mol. The van der Waals surface area contributed by atoms with Crippen molar-refractivity contribution in [2.45, 2.75) is 18.7 Å². The SMILES string of the molecule is Cc1nc(-n2nc(-c3ccco3)cc2NC(=O)c2ccc(S(=O)(=O)N3CCOCC3)cc2)[nH]c(=O)c1C. The third-order valence-electron chi connectivity index (χ3n) is 6.03. The number of aromatic amines is 1. The topological polar surface area (TPSA) is 152 Å². The summed E-state index contributed by atoms with van der Waals surface area (Å²) in [6.45, 7) is 4.61. The summed E-state index contributed by atoms with van der Waals surface area (Å²) in [4.78, 5) is 32.6. The summed E-state index contributed by atoms with van der Waals surface area (Å²) in [6, 6.07) is 10.7. The summed E-state index contributed by atoms with van der Waals surface area (Å²) in [6.07, 6.45) is 1.50. The molecular formula is C24H24N6O6S. The number of aromatic nitrogens is 4. The van der Waals surface area contributed by atoms with Crippen molar-refractivity contribution in [2.75, 3.05) is 31.6 Å². The van der Waals surface area contributed by atoms with Crippen molar-refractivity contribution in [3.8, 4) is 17.4 Å². The van der Waals surface area contributed by atoms with Gasteiger partial charge in [-0.3, -0.25) is 14.6 Å². The molecule has 192 valence electrons. The van der Waals surface area contributed by atoms with Crippen molar-refractivity contribution in [3.63, 3.8) is 0 Å². The maximum absolute atomic E-state index is 13.1. The number of aryl methyl sites for hydroxylation is 1. The van der Waals surface area contributed by atoms with Gasteiger partial charge in [0.2, 0.25) is 16.0 Å². The summed E-state index contributed by atoms with van der Waals surface area (Å²) in [7, 11) is -3.68. The van der Waals surface area contributed by atoms with Crippen molar-refractivity contribution >= 4 is 21.7 Å². The van der Waals surface area contributed by atoms with Crippen LogP contribution in [0.2, 0.25) is 0 Å². The standard InChI is InChI=1S/C24H24N6O6S/c1-15-16(2)25-24(27-22(15)31)30-21(14-19(28-30)20-4-3-11-36-20)26-23(32)17-5-7-18(8-6-17)37(33,34)29-9-12-35-13-10-29/h3-8,11,14H,9-10,12-13H2,1-2H3,(H,26,32)(H,25,27,31). The molecule has 1 amide bonds. The van der Waals surface area contributed by atoms with E-state index < -0.39 is 15.9 Å². The number of nitrogens with zero attached hydrogens (tertiary/aromatic N) is 4. The lowest BCUT2D eigenvalue weighted by atomic mass is 10.2. The predicted molar refractivity (Wildman–Crippen MR) is 133 cm³/mol. The van der Waals surface area contributed by atoms with Gasteiger partial charge in [-0.1, -0.05) is 0 Å². The maximum atomic E-state index is 13.1. The van der Waals surface area contributed by atoms with E-state index in [2.05, 4.69) is 20.4 Å². The first-order valence-corrected chi connectivity index (χ1v) is 12.9. The number of carbonyl (C=O) groups excluding carboxylic acids is 1. The van der Waals surface area contributed by atoms with Gasteiger partial charge in [-0.25, -0.2) is 13.4 Å². The van der Waals surface area contributed by atoms with E-state index in [0.717, 1.165) is 0 Å². The fraction of sp³-hybridized carbons (Fsp3) is 0.250. The molecule has 1 fully saturated rings. The summed E-state index contributed by atoms with van der Waals surface area (Å²) in [5.74, 6) is 0.299. The average molecular weight is 525 g/mol. The highest BCUT2D eigenvalue weighted by molar-refractivity contribution is 7.89. The molecule has 0 spiro atoms. The number of hydrogen-bond acceptors (Lipinski definition) is 8. The van der Waals surface area contributed by atoms with Crippen LogP contribution in [0.15, 0.2) is 62.8 Å². The van der Waals surface area contributed by atoms with Crippen LogP contribution in [0.5, 0.6) is 0 Å². The van der Waals surface area contributed by atoms with Gasteiger partial charge in [0.05, 0.1) is 24.4 Å². The fourth-order valence-electron chi connectivity index (χ4n) is 3.81. The third-order valence-corrected chi connectivity index (χ3v) is 7.94. The molecule has 4 heterocycles. The van der Waals surface area contributed by atoms with E-state index >= 15 is 0 Å². The second kappa shape index (κ2) is 9.76. The normalized spacial score (nSPS) is 14.5. The minimum atomic E-state index is -3.68. The highest BCUT2D eigenvalue weighted by Gasteiger charge is 2.26. The summed E-state index contributed by atoms with van der Waals surface area (Å²) in [5.41, 5.74) is 1.30. The Morgan fingerprint density at radius 2 is 1.84 bits per heavy atom. The Balaban J connectivity index is 1.45. The van der Waals surface area contributed by atoms with E-state index in [1.54, 1.807) is 32.0 Å². The van der Waals surface area contributed by atoms with Crippen molar-refractivity contribution < 1.29 is 22.4 Å². The Labute approximate surface area is 211 Å². The van der Waals surface area contributed by atoms with Crippen LogP contribution in [0.25, 0.3) is 17.4 Å². The minimum Gasteiger partial charge on any atom is -0.463 e. The predicted octanol–water partition coefficient (Wildman–Crippen LogP) is 2.11. The molecule has 0 radical (unpaired) electrons. The lowest BCUT2D eigenvalue weighted by Crippen LogP contribution is -2.40. The smallest absolute Gasteiger partial charge is 0.256 e. The van der Waals surface area contributed by atoms with E-state index in [4.69, 9.17) is 9.15 Å². The molecule has 0 bridgehead atoms. The number of H-pyrrole nitrogens is 1. The van der Waals surface area contributed by atoms with Crippen molar-refractivity contribution in [1.29, 1.82) is 0 Å². The van der Waals surface area contributed by atoms with Crippen LogP contribution in [0, 0.1) is 13.8 Å². The maximum Gasteiger partial charge on any atom is 0.256 e. The van der Waals surface area contributed by atoms with Crippen molar-refractivity contribution in [2.24, 2.45) is 0 Å². The van der Waals surface area contributed by atoms with Crippen LogP contribution >= 0.6 is 0 Å². The van der Waals surface area contributed by atoms with Gasteiger partial charge in [-0.05, 0) is 50.2 Å². The van der Waals surface area contributed by atoms with E-state index in [-0.39, 0.29) is 40.9 Å². The second-order valence-corrected chi connectivity index (χ2v) is 10.3. The first-order valence-electron chi connectivity index (χ1n) is 11.5. The van der Waals surface area contributed by atoms with Gasteiger partial charge >= 0.3 is 0 Å². The molecule has 0 atom stereocenters. The minimum absolute atomic E-state index is 0.0907. The Hall–Kier alpha value is -4.07. The number of amides is 1. The molecule has 1 aliphatic rings. The second-order valence-electron chi connectivity index (χ2n) is 8.40. The molecule has 0 aliphatic carbocycles. The fourth-order valence-corrected chi connectivity index (χ4v) is 5.22. The Morgan fingerprint density at radius 1 is 1.11 bits per heavy atom. The highest BCUT2D eigenvalue weighted by atomic mass is 32.2. The summed E-state index contributed by atoms with van der Waals surface area (Å²) >= 11 is 0. The van der Waals surface area contributed by atoms with Gasteiger partial charge < -0.3 is 14.5 Å². The van der Waals surface area contributed by atoms with Gasteiger partial charge in [0.25, 0.3) is 11.5 Å². The largest absolute Gasteiger partial charge is 0.463 e. The molecule has 5 rings (SSSR count). The highest BCUT2D eigenvalue weighted by Crippen LogP contribution is 2.25. The van der Waals surface area contributed by atoms with E-state index in [9.17, 15) is 18.0 Å². The van der Waals surface area contributed by atoms with Gasteiger partial charge in [0.1, 0.15) is 11.5 Å². The van der Waals surface area contributed by atoms with Crippen LogP contribution in [0.3, 0.4) is 0 Å². The lowest BCUT2D eigenvalue weighted by Gasteiger charge is -2.26. The van der Waals surface area contributed by atoms with Crippen LogP contribution in [-0.4, -0.2) is 64.7 Å². The van der Waals surface area contributed by atoms with E-state index in [1.165, 1.54) is 39.5 Å². The molecule has 12 nitrogen and oxygen atoms in total. The molecule has 1 aromatic carbocycles. The van der Waals surface area contributed by atoms with Crippen LogP contribution in [0.1, 0.15) is 21.6 Å². The van der Waals surface area contributed by atoms with Crippen LogP contribution in [-0.2, 0) is 14.8 Å². The molecule has 13 heteroatoms. The first-order chi connectivity index (χ1) is 17.7. The van der Waals surface area contributed by atoms with Gasteiger partial charge in [0, 0.05) is 36.0 Å². The number of furan rings is 1. The molecule has 37 heavy (non-hydrogen) atoms. The molecule has 0 saturated carbocycles. The number of nitrogens with one attached hydrogen (secondary N) is 2. The van der Waals surface area contributed by atoms with Crippen LogP contribution in [0.4, 0.5) is 5.82 Å². The van der Waals surface area contributed by atoms with Crippen molar-refractivity contribution in [3.05, 3.63) is 75.9 Å². The molecule has 1 aliphatic heterocycles. The zero-order chi connectivity index (χ0) is 26.2. The number of benzene rings is 1. The number of sulfonamides is 1. The number of ether oxygens (including phenoxy) is 1. The molecule has 2 N–H and O–H groups in total. The Kier molecular flexibility index (Phi) is 6.50. The third kappa shape index (κ3) is 4.83. The number of morpholine rings is 1.